The molecule has 0 N–H and O–H groups in total. The first-order chi connectivity index (χ1) is 1.73. The molecule has 1 radical (unpaired) electrons. The van der Waals surface area contributed by atoms with Crippen molar-refractivity contribution in [2.24, 2.45) is 0 Å². The topological polar surface area (TPSA) is 0 Å². The predicted octanol–water partition coefficient (Wildman–Crippen LogP) is -1.76. The first-order valence-corrected chi connectivity index (χ1v) is 1.50. The van der Waals surface area contributed by atoms with Gasteiger partial charge >= 0.3 is 18.9 Å². The second kappa shape index (κ2) is 10.3. The number of rotatable bonds is 0. The number of hydrogen-bond acceptors (Lipinski definition) is 0. The van der Waals surface area contributed by atoms with Crippen LogP contribution in [0.3, 0.4) is 0 Å². The molecule has 0 rings (SSSR count). The zero-order valence-electron chi connectivity index (χ0n) is 5.50. The molecule has 0 heterocycles. The molecule has 0 aliphatic carbocycles. The summed E-state index contributed by atoms with van der Waals surface area (Å²) in [7, 11) is 0. The fourth-order valence-corrected chi connectivity index (χ4v) is 0. The monoisotopic (exact) mass is 103 g/mol. The first kappa shape index (κ1) is 15.7. The maximum absolute atomic E-state index is 2.08. The van der Waals surface area contributed by atoms with Gasteiger partial charge in [0.15, 0.2) is 0 Å². The van der Waals surface area contributed by atoms with E-state index in [9.17, 15) is 0 Å². The van der Waals surface area contributed by atoms with Gasteiger partial charge in [0, 0.05) is 51.4 Å². The molecule has 2 heteroatoms. The second-order valence-electron chi connectivity index (χ2n) is 1.50. The van der Waals surface area contributed by atoms with Gasteiger partial charge in [-0.25, -0.2) is 0 Å². The van der Waals surface area contributed by atoms with Crippen molar-refractivity contribution in [1.82, 2.24) is 0 Å². The molecule has 0 saturated carbocycles. The third-order valence-corrected chi connectivity index (χ3v) is 0. The van der Waals surface area contributed by atoms with Crippen LogP contribution in [-0.4, -0.2) is 51.4 Å². The summed E-state index contributed by atoms with van der Waals surface area (Å²) >= 11 is 0. The molecule has 0 aromatic carbocycles. The quantitative estimate of drug-likeness (QED) is 0.252. The summed E-state index contributed by atoms with van der Waals surface area (Å²) in [6.07, 6.45) is 0. The molecule has 6 heavy (non-hydrogen) atoms. The second-order valence-corrected chi connectivity index (χ2v) is 1.50. The standard InChI is InChI=1S/C4H9.K.Li/c1-4(2)3;;/h1-3H3;;/q-1;;+1. The molecule has 0 amide bonds. The van der Waals surface area contributed by atoms with Gasteiger partial charge in [-0.15, -0.1) is 0 Å². The normalized spacial score (nSPS) is 6.00. The molecule has 0 aliphatic heterocycles. The minimum absolute atomic E-state index is 0. The Bertz CT molecular complexity index is 12.3. The van der Waals surface area contributed by atoms with Gasteiger partial charge in [-0.1, -0.05) is 0 Å². The number of hydrogen-bond donors (Lipinski definition) is 0. The summed E-state index contributed by atoms with van der Waals surface area (Å²) in [4.78, 5) is 0. The third kappa shape index (κ3) is 34.2. The van der Waals surface area contributed by atoms with Crippen LogP contribution in [0.5, 0.6) is 0 Å². The van der Waals surface area contributed by atoms with E-state index in [4.69, 9.17) is 0 Å². The summed E-state index contributed by atoms with van der Waals surface area (Å²) in [5, 5.41) is 0. The summed E-state index contributed by atoms with van der Waals surface area (Å²) in [6, 6.07) is 0. The van der Waals surface area contributed by atoms with Crippen molar-refractivity contribution in [3.63, 3.8) is 0 Å². The maximum Gasteiger partial charge on any atom is 1.00 e. The van der Waals surface area contributed by atoms with Gasteiger partial charge in [0.05, 0.1) is 0 Å². The molecule has 0 spiro atoms. The van der Waals surface area contributed by atoms with Crippen LogP contribution < -0.4 is 18.9 Å². The molecule has 0 aromatic heterocycles. The molecule has 0 nitrogen and oxygen atoms in total. The Morgan fingerprint density at radius 1 is 1.00 bits per heavy atom. The molecular weight excluding hydrogens is 94.1 g/mol. The van der Waals surface area contributed by atoms with Crippen molar-refractivity contribution in [1.29, 1.82) is 0 Å². The van der Waals surface area contributed by atoms with Crippen LogP contribution in [-0.2, 0) is 0 Å². The smallest absolute Gasteiger partial charge is 0.323 e. The summed E-state index contributed by atoms with van der Waals surface area (Å²) in [5.74, 6) is 1.42. The molecule has 0 aromatic rings. The fourth-order valence-electron chi connectivity index (χ4n) is 0. The Labute approximate surface area is 95.1 Å². The van der Waals surface area contributed by atoms with E-state index < -0.39 is 0 Å². The molecule has 27 valence electrons. The van der Waals surface area contributed by atoms with E-state index in [-0.39, 0.29) is 70.2 Å². The van der Waals surface area contributed by atoms with Crippen molar-refractivity contribution < 1.29 is 18.9 Å². The fraction of sp³-hybridized carbons (Fsp3) is 0.750. The van der Waals surface area contributed by atoms with Gasteiger partial charge in [-0.05, 0) is 0 Å². The van der Waals surface area contributed by atoms with Crippen LogP contribution in [0.4, 0.5) is 0 Å². The van der Waals surface area contributed by atoms with Gasteiger partial charge < -0.3 is 5.92 Å². The van der Waals surface area contributed by atoms with Crippen LogP contribution in [0, 0.1) is 5.92 Å². The van der Waals surface area contributed by atoms with Gasteiger partial charge in [0.25, 0.3) is 0 Å². The van der Waals surface area contributed by atoms with Crippen LogP contribution in [0.1, 0.15) is 20.8 Å². The SMILES string of the molecule is C[C-](C)C.[K].[Li+]. The van der Waals surface area contributed by atoms with Crippen LogP contribution in [0.15, 0.2) is 0 Å². The average molecular weight is 103 g/mol. The van der Waals surface area contributed by atoms with Gasteiger partial charge in [0.1, 0.15) is 0 Å². The third-order valence-electron chi connectivity index (χ3n) is 0. The molecule has 0 fully saturated rings. The molecular formula is C4H9KLi. The van der Waals surface area contributed by atoms with Crippen LogP contribution in [0.2, 0.25) is 0 Å². The van der Waals surface area contributed by atoms with E-state index in [2.05, 4.69) is 20.8 Å². The Balaban J connectivity index is -0.0000000450. The Hall–Kier alpha value is 2.23. The summed E-state index contributed by atoms with van der Waals surface area (Å²) in [5.41, 5.74) is 0. The molecule has 0 atom stereocenters. The molecule has 0 unspecified atom stereocenters. The van der Waals surface area contributed by atoms with E-state index in [0.29, 0.717) is 0 Å². The minimum Gasteiger partial charge on any atom is -0.323 e. The van der Waals surface area contributed by atoms with Gasteiger partial charge in [-0.3, -0.25) is 0 Å². The summed E-state index contributed by atoms with van der Waals surface area (Å²) in [6.45, 7) is 6.25. The Kier molecular flexibility index (Phi) is 26.9. The maximum atomic E-state index is 2.08. The first-order valence-electron chi connectivity index (χ1n) is 1.50. The van der Waals surface area contributed by atoms with E-state index >= 15 is 0 Å². The average Bonchev–Trinajstić information content (AvgIpc) is 0.811. The minimum atomic E-state index is 0. The summed E-state index contributed by atoms with van der Waals surface area (Å²) < 4.78 is 0. The Morgan fingerprint density at radius 2 is 1.00 bits per heavy atom. The largest absolute Gasteiger partial charge is 1.00 e. The van der Waals surface area contributed by atoms with E-state index in [1.807, 2.05) is 0 Å². The van der Waals surface area contributed by atoms with Crippen molar-refractivity contribution in [3.05, 3.63) is 5.92 Å². The molecule has 0 saturated heterocycles. The van der Waals surface area contributed by atoms with E-state index in [0.717, 1.165) is 0 Å². The molecule has 0 aliphatic rings. The van der Waals surface area contributed by atoms with E-state index in [1.165, 1.54) is 5.92 Å². The van der Waals surface area contributed by atoms with Crippen molar-refractivity contribution in [2.45, 2.75) is 20.8 Å². The van der Waals surface area contributed by atoms with Crippen molar-refractivity contribution >= 4 is 51.4 Å². The predicted molar refractivity (Wildman–Crippen MR) is 26.0 cm³/mol. The van der Waals surface area contributed by atoms with Crippen LogP contribution in [0.25, 0.3) is 0 Å². The van der Waals surface area contributed by atoms with Crippen LogP contribution >= 0.6 is 0 Å². The van der Waals surface area contributed by atoms with Gasteiger partial charge in [-0.2, -0.15) is 20.8 Å². The van der Waals surface area contributed by atoms with Gasteiger partial charge in [0.2, 0.25) is 0 Å². The zero-order valence-corrected chi connectivity index (χ0v) is 8.62. The Morgan fingerprint density at radius 3 is 1.00 bits per heavy atom. The molecule has 0 bridgehead atoms. The zero-order chi connectivity index (χ0) is 3.58. The van der Waals surface area contributed by atoms with Crippen molar-refractivity contribution in [2.75, 3.05) is 0 Å². The van der Waals surface area contributed by atoms with Crippen molar-refractivity contribution in [3.8, 4) is 0 Å². The van der Waals surface area contributed by atoms with E-state index in [1.54, 1.807) is 0 Å².